The van der Waals surface area contributed by atoms with E-state index in [9.17, 15) is 14.4 Å². The fourth-order valence-corrected chi connectivity index (χ4v) is 6.99. The Labute approximate surface area is 268 Å². The van der Waals surface area contributed by atoms with E-state index < -0.39 is 17.8 Å². The largest absolute Gasteiger partial charge is 0.462 e. The molecule has 0 radical (unpaired) electrons. The van der Waals surface area contributed by atoms with Crippen molar-refractivity contribution in [2.45, 2.75) is 31.3 Å². The van der Waals surface area contributed by atoms with Crippen molar-refractivity contribution in [2.24, 2.45) is 0 Å². The molecule has 226 valence electrons. The second kappa shape index (κ2) is 12.6. The topological polar surface area (TPSA) is 98.5 Å². The molecular weight excluding hydrogens is 649 g/mol. The molecule has 4 aromatic rings. The zero-order valence-corrected chi connectivity index (χ0v) is 26.5. The van der Waals surface area contributed by atoms with Gasteiger partial charge >= 0.3 is 6.01 Å². The number of ether oxygens (including phenoxy) is 1. The van der Waals surface area contributed by atoms with Crippen LogP contribution in [0.5, 0.6) is 6.01 Å². The van der Waals surface area contributed by atoms with Gasteiger partial charge in [0.1, 0.15) is 17.6 Å². The lowest BCUT2D eigenvalue weighted by Gasteiger charge is -2.41. The molecule has 9 nitrogen and oxygen atoms in total. The fourth-order valence-electron chi connectivity index (χ4n) is 6.11. The number of nitrogens with zero attached hydrogens (tertiary/aromatic N) is 7. The highest BCUT2D eigenvalue weighted by atomic mass is 79.9. The van der Waals surface area contributed by atoms with Crippen LogP contribution in [-0.4, -0.2) is 82.6 Å². The summed E-state index contributed by atoms with van der Waals surface area (Å²) in [5.74, 6) is -1.34. The molecule has 1 amide bonds. The van der Waals surface area contributed by atoms with Gasteiger partial charge in [0.2, 0.25) is 0 Å². The fraction of sp³-hybridized carbons (Fsp3) is 0.344. The van der Waals surface area contributed by atoms with Crippen LogP contribution < -0.4 is 9.64 Å². The molecule has 0 N–H and O–H groups in total. The predicted octanol–water partition coefficient (Wildman–Crippen LogP) is 6.15. The number of carbonyl (C=O) groups is 1. The van der Waals surface area contributed by atoms with Crippen molar-refractivity contribution in [3.05, 3.63) is 64.5 Å². The molecule has 2 aliphatic heterocycles. The average molecular weight is 679 g/mol. The van der Waals surface area contributed by atoms with Crippen LogP contribution in [0, 0.1) is 11.3 Å². The zero-order chi connectivity index (χ0) is 31.0. The number of aromatic nitrogens is 3. The number of rotatable bonds is 7. The van der Waals surface area contributed by atoms with Crippen LogP contribution in [0.3, 0.4) is 0 Å². The Bertz CT molecular complexity index is 1810. The summed E-state index contributed by atoms with van der Waals surface area (Å²) in [7, 11) is 2.08. The summed E-state index contributed by atoms with van der Waals surface area (Å²) in [4.78, 5) is 32.6. The molecule has 4 heterocycles. The number of hydrogen-bond acceptors (Lipinski definition) is 8. The van der Waals surface area contributed by atoms with E-state index in [0.717, 1.165) is 41.3 Å². The first kappa shape index (κ1) is 30.2. The Morgan fingerprint density at radius 2 is 1.95 bits per heavy atom. The van der Waals surface area contributed by atoms with Gasteiger partial charge in [-0.15, -0.1) is 0 Å². The second-order valence-electron chi connectivity index (χ2n) is 11.1. The molecule has 6 rings (SSSR count). The highest BCUT2D eigenvalue weighted by Crippen LogP contribution is 2.41. The van der Waals surface area contributed by atoms with Gasteiger partial charge in [-0.25, -0.2) is 9.37 Å². The van der Waals surface area contributed by atoms with Crippen LogP contribution in [0.1, 0.15) is 19.3 Å². The number of likely N-dealkylation sites (N-methyl/N-ethyl adjacent to an activating group) is 1. The number of piperazine rings is 1. The Hall–Kier alpha value is -3.85. The van der Waals surface area contributed by atoms with E-state index in [1.54, 1.807) is 6.20 Å². The highest BCUT2D eigenvalue weighted by molar-refractivity contribution is 9.10. The van der Waals surface area contributed by atoms with Crippen molar-refractivity contribution >= 4 is 61.1 Å². The second-order valence-corrected chi connectivity index (χ2v) is 12.3. The van der Waals surface area contributed by atoms with Crippen LogP contribution in [0.4, 0.5) is 10.2 Å². The molecular formula is C32H30BrClFN7O2. The molecule has 2 saturated heterocycles. The van der Waals surface area contributed by atoms with E-state index in [1.165, 1.54) is 4.90 Å². The number of fused-ring (bicyclic) bond motifs is 2. The number of nitriles is 1. The van der Waals surface area contributed by atoms with E-state index in [2.05, 4.69) is 40.5 Å². The van der Waals surface area contributed by atoms with Gasteiger partial charge in [-0.1, -0.05) is 48.5 Å². The molecule has 0 spiro atoms. The van der Waals surface area contributed by atoms with E-state index >= 15 is 0 Å². The number of likely N-dealkylation sites (tertiary alicyclic amines) is 1. The van der Waals surface area contributed by atoms with Gasteiger partial charge in [0.25, 0.3) is 5.91 Å². The first-order valence-corrected chi connectivity index (χ1v) is 15.6. The summed E-state index contributed by atoms with van der Waals surface area (Å²) < 4.78 is 20.7. The molecule has 44 heavy (non-hydrogen) atoms. The summed E-state index contributed by atoms with van der Waals surface area (Å²) in [5.41, 5.74) is 2.79. The first-order valence-electron chi connectivity index (χ1n) is 14.4. The van der Waals surface area contributed by atoms with E-state index in [4.69, 9.17) is 31.3 Å². The maximum atomic E-state index is 13.8. The standard InChI is InChI=1S/C32H30BrClFN7O2/c1-19(35)31(43)42-15-14-41(17-21(42)11-12-36)30-29-28(38-32(39-30)44-18-22-8-5-13-40(22)2)27(33)24(16-37-29)23-9-3-6-20-7-4-10-25(34)26(20)23/h3-4,6-7,9-10,16,21-22H,1,5,8,11,13-15,17-18H2,2H3/t21-,22?/m0/s1. The van der Waals surface area contributed by atoms with Crippen LogP contribution in [0.2, 0.25) is 5.02 Å². The third kappa shape index (κ3) is 5.70. The predicted molar refractivity (Wildman–Crippen MR) is 172 cm³/mol. The highest BCUT2D eigenvalue weighted by Gasteiger charge is 2.34. The van der Waals surface area contributed by atoms with Gasteiger partial charge in [-0.05, 0) is 59.4 Å². The smallest absolute Gasteiger partial charge is 0.319 e. The number of benzene rings is 2. The molecule has 2 aromatic carbocycles. The average Bonchev–Trinajstić information content (AvgIpc) is 3.44. The van der Waals surface area contributed by atoms with E-state index in [0.29, 0.717) is 39.5 Å². The van der Waals surface area contributed by atoms with Gasteiger partial charge in [0, 0.05) is 47.8 Å². The number of anilines is 1. The third-order valence-corrected chi connectivity index (χ3v) is 9.55. The Balaban J connectivity index is 1.45. The summed E-state index contributed by atoms with van der Waals surface area (Å²) in [6.45, 7) is 5.40. The minimum atomic E-state index is -1.05. The lowest BCUT2D eigenvalue weighted by Crippen LogP contribution is -2.55. The van der Waals surface area contributed by atoms with Crippen molar-refractivity contribution < 1.29 is 13.9 Å². The molecule has 0 saturated carbocycles. The number of hydrogen-bond donors (Lipinski definition) is 0. The summed E-state index contributed by atoms with van der Waals surface area (Å²) >= 11 is 10.5. The molecule has 2 atom stereocenters. The minimum absolute atomic E-state index is 0.0268. The van der Waals surface area contributed by atoms with Gasteiger partial charge in [0.15, 0.2) is 11.6 Å². The maximum absolute atomic E-state index is 13.8. The van der Waals surface area contributed by atoms with Crippen molar-refractivity contribution in [1.82, 2.24) is 24.8 Å². The van der Waals surface area contributed by atoms with Crippen LogP contribution in [0.25, 0.3) is 32.9 Å². The van der Waals surface area contributed by atoms with Gasteiger partial charge in [-0.2, -0.15) is 15.2 Å². The quantitative estimate of drug-likeness (QED) is 0.215. The lowest BCUT2D eigenvalue weighted by atomic mass is 9.99. The van der Waals surface area contributed by atoms with E-state index in [1.807, 2.05) is 41.3 Å². The molecule has 12 heteroatoms. The van der Waals surface area contributed by atoms with Crippen LogP contribution in [-0.2, 0) is 4.79 Å². The van der Waals surface area contributed by atoms with E-state index in [-0.39, 0.29) is 31.6 Å². The minimum Gasteiger partial charge on any atom is -0.462 e. The van der Waals surface area contributed by atoms with Gasteiger partial charge in [-0.3, -0.25) is 4.79 Å². The number of carbonyl (C=O) groups excluding carboxylic acids is 1. The van der Waals surface area contributed by atoms with Crippen molar-refractivity contribution in [3.63, 3.8) is 0 Å². The number of pyridine rings is 1. The number of halogens is 3. The summed E-state index contributed by atoms with van der Waals surface area (Å²) in [5, 5.41) is 12.0. The maximum Gasteiger partial charge on any atom is 0.319 e. The molecule has 2 fully saturated rings. The first-order chi connectivity index (χ1) is 21.3. The lowest BCUT2D eigenvalue weighted by molar-refractivity contribution is -0.131. The Kier molecular flexibility index (Phi) is 8.67. The zero-order valence-electron chi connectivity index (χ0n) is 24.1. The van der Waals surface area contributed by atoms with Gasteiger partial charge < -0.3 is 19.4 Å². The van der Waals surface area contributed by atoms with Crippen LogP contribution >= 0.6 is 27.5 Å². The van der Waals surface area contributed by atoms with Crippen molar-refractivity contribution in [1.29, 1.82) is 5.26 Å². The number of amides is 1. The Morgan fingerprint density at radius 1 is 1.16 bits per heavy atom. The summed E-state index contributed by atoms with van der Waals surface area (Å²) in [6.07, 6.45) is 3.93. The molecule has 0 bridgehead atoms. The normalized spacial score (nSPS) is 19.0. The SMILES string of the molecule is C=C(F)C(=O)N1CCN(c2nc(OCC3CCCN3C)nc3c(Br)c(-c4cccc5cccc(Cl)c45)cnc23)C[C@@H]1CC#N. The third-order valence-electron chi connectivity index (χ3n) is 8.43. The molecule has 0 aliphatic carbocycles. The van der Waals surface area contributed by atoms with Crippen molar-refractivity contribution in [2.75, 3.05) is 44.7 Å². The molecule has 2 aromatic heterocycles. The monoisotopic (exact) mass is 677 g/mol. The molecule has 2 aliphatic rings. The Morgan fingerprint density at radius 3 is 2.68 bits per heavy atom. The van der Waals surface area contributed by atoms with Crippen LogP contribution in [0.15, 0.2) is 59.5 Å². The molecule has 1 unspecified atom stereocenters. The summed E-state index contributed by atoms with van der Waals surface area (Å²) in [6, 6.07) is 13.8. The van der Waals surface area contributed by atoms with Crippen molar-refractivity contribution in [3.8, 4) is 23.2 Å². The van der Waals surface area contributed by atoms with Gasteiger partial charge in [0.05, 0.1) is 23.0 Å².